The van der Waals surface area contributed by atoms with Gasteiger partial charge in [-0.05, 0) is 24.8 Å². The van der Waals surface area contributed by atoms with E-state index in [1.165, 1.54) is 4.88 Å². The van der Waals surface area contributed by atoms with Gasteiger partial charge in [-0.25, -0.2) is 0 Å². The first-order valence-corrected chi connectivity index (χ1v) is 7.25. The zero-order chi connectivity index (χ0) is 13.4. The van der Waals surface area contributed by atoms with Crippen LogP contribution in [-0.4, -0.2) is 18.5 Å². The van der Waals surface area contributed by atoms with Crippen molar-refractivity contribution in [3.63, 3.8) is 0 Å². The monoisotopic (exact) mass is 266 g/mol. The molecule has 1 aromatic heterocycles. The van der Waals surface area contributed by atoms with Gasteiger partial charge in [0.05, 0.1) is 6.04 Å². The van der Waals surface area contributed by atoms with Gasteiger partial charge in [0, 0.05) is 17.5 Å². The highest BCUT2D eigenvalue weighted by Crippen LogP contribution is 2.23. The average Bonchev–Trinajstić information content (AvgIpc) is 2.89. The first-order chi connectivity index (χ1) is 8.69. The molecule has 0 aromatic carbocycles. The number of amides is 1. The summed E-state index contributed by atoms with van der Waals surface area (Å²) in [6, 6.07) is 4.24. The summed E-state index contributed by atoms with van der Waals surface area (Å²) in [4.78, 5) is 13.1. The highest BCUT2D eigenvalue weighted by Gasteiger charge is 2.18. The smallest absolute Gasteiger partial charge is 0.237 e. The van der Waals surface area contributed by atoms with E-state index in [0.29, 0.717) is 6.54 Å². The summed E-state index contributed by atoms with van der Waals surface area (Å²) < 4.78 is 0. The summed E-state index contributed by atoms with van der Waals surface area (Å²) in [6.45, 7) is 8.16. The summed E-state index contributed by atoms with van der Waals surface area (Å²) in [5.74, 6) is 0.0209. The molecule has 0 aliphatic rings. The lowest BCUT2D eigenvalue weighted by Gasteiger charge is -2.21. The Hall–Kier alpha value is -1.13. The van der Waals surface area contributed by atoms with Crippen LogP contribution in [0.1, 0.15) is 37.6 Å². The predicted octanol–water partition coefficient (Wildman–Crippen LogP) is 2.87. The largest absolute Gasteiger partial charge is 0.351 e. The molecule has 0 saturated heterocycles. The number of carbonyl (C=O) groups is 1. The Morgan fingerprint density at radius 1 is 1.61 bits per heavy atom. The molecule has 4 heteroatoms. The molecule has 2 atom stereocenters. The van der Waals surface area contributed by atoms with Crippen LogP contribution in [0.15, 0.2) is 30.2 Å². The van der Waals surface area contributed by atoms with Crippen molar-refractivity contribution in [1.82, 2.24) is 10.6 Å². The van der Waals surface area contributed by atoms with Crippen LogP contribution in [0.3, 0.4) is 0 Å². The van der Waals surface area contributed by atoms with Crippen molar-refractivity contribution in [2.45, 2.75) is 38.8 Å². The van der Waals surface area contributed by atoms with E-state index in [2.05, 4.69) is 35.6 Å². The van der Waals surface area contributed by atoms with Crippen LogP contribution in [0.2, 0.25) is 0 Å². The van der Waals surface area contributed by atoms with Crippen molar-refractivity contribution < 1.29 is 4.79 Å². The molecule has 0 spiro atoms. The topological polar surface area (TPSA) is 41.1 Å². The van der Waals surface area contributed by atoms with Gasteiger partial charge >= 0.3 is 0 Å². The van der Waals surface area contributed by atoms with Crippen molar-refractivity contribution in [2.24, 2.45) is 0 Å². The van der Waals surface area contributed by atoms with Crippen LogP contribution in [0.5, 0.6) is 0 Å². The predicted molar refractivity (Wildman–Crippen MR) is 77.8 cm³/mol. The van der Waals surface area contributed by atoms with E-state index in [0.717, 1.165) is 12.8 Å². The Bertz CT molecular complexity index is 362. The molecule has 0 aliphatic heterocycles. The minimum atomic E-state index is -0.191. The normalized spacial score (nSPS) is 13.9. The number of hydrogen-bond donors (Lipinski definition) is 2. The van der Waals surface area contributed by atoms with E-state index in [9.17, 15) is 4.79 Å². The van der Waals surface area contributed by atoms with Gasteiger partial charge < -0.3 is 5.32 Å². The molecule has 1 aromatic rings. The fourth-order valence-electron chi connectivity index (χ4n) is 1.79. The highest BCUT2D eigenvalue weighted by molar-refractivity contribution is 7.10. The molecule has 0 bridgehead atoms. The minimum Gasteiger partial charge on any atom is -0.351 e. The number of hydrogen-bond acceptors (Lipinski definition) is 3. The molecule has 0 fully saturated rings. The quantitative estimate of drug-likeness (QED) is 0.710. The molecule has 100 valence electrons. The van der Waals surface area contributed by atoms with Gasteiger partial charge in [-0.2, -0.15) is 0 Å². The van der Waals surface area contributed by atoms with E-state index >= 15 is 0 Å². The molecule has 1 rings (SSSR count). The van der Waals surface area contributed by atoms with E-state index in [1.807, 2.05) is 13.0 Å². The summed E-state index contributed by atoms with van der Waals surface area (Å²) in [5, 5.41) is 8.27. The molecule has 0 saturated carbocycles. The van der Waals surface area contributed by atoms with Gasteiger partial charge in [-0.15, -0.1) is 17.9 Å². The van der Waals surface area contributed by atoms with E-state index < -0.39 is 0 Å². The second-order valence-electron chi connectivity index (χ2n) is 4.28. The van der Waals surface area contributed by atoms with Crippen LogP contribution in [0, 0.1) is 0 Å². The van der Waals surface area contributed by atoms with E-state index in [4.69, 9.17) is 0 Å². The molecule has 2 unspecified atom stereocenters. The van der Waals surface area contributed by atoms with Gasteiger partial charge in [0.25, 0.3) is 0 Å². The molecule has 0 radical (unpaired) electrons. The standard InChI is InChI=1S/C14H22N2OS/c1-4-7-12(13-8-6-10-18-13)16-11(3)14(17)15-9-5-2/h5-6,8,10-12,16H,2,4,7,9H2,1,3H3,(H,15,17). The van der Waals surface area contributed by atoms with Crippen molar-refractivity contribution in [1.29, 1.82) is 0 Å². The lowest BCUT2D eigenvalue weighted by atomic mass is 10.1. The molecule has 2 N–H and O–H groups in total. The maximum Gasteiger partial charge on any atom is 0.237 e. The van der Waals surface area contributed by atoms with Crippen LogP contribution >= 0.6 is 11.3 Å². The lowest BCUT2D eigenvalue weighted by molar-refractivity contribution is -0.122. The van der Waals surface area contributed by atoms with Crippen molar-refractivity contribution in [2.75, 3.05) is 6.54 Å². The van der Waals surface area contributed by atoms with Crippen LogP contribution in [-0.2, 0) is 4.79 Å². The number of rotatable bonds is 8. The van der Waals surface area contributed by atoms with Gasteiger partial charge in [0.15, 0.2) is 0 Å². The van der Waals surface area contributed by atoms with Gasteiger partial charge in [-0.3, -0.25) is 10.1 Å². The van der Waals surface area contributed by atoms with Crippen molar-refractivity contribution in [3.05, 3.63) is 35.0 Å². The maximum absolute atomic E-state index is 11.8. The van der Waals surface area contributed by atoms with Crippen LogP contribution in [0.25, 0.3) is 0 Å². The van der Waals surface area contributed by atoms with E-state index in [1.54, 1.807) is 17.4 Å². The second-order valence-corrected chi connectivity index (χ2v) is 5.26. The lowest BCUT2D eigenvalue weighted by Crippen LogP contribution is -2.43. The summed E-state index contributed by atoms with van der Waals surface area (Å²) in [7, 11) is 0. The zero-order valence-electron chi connectivity index (χ0n) is 11.1. The second kappa shape index (κ2) is 8.06. The molecular weight excluding hydrogens is 244 g/mol. The Labute approximate surface area is 113 Å². The Morgan fingerprint density at radius 3 is 2.94 bits per heavy atom. The SMILES string of the molecule is C=CCNC(=O)C(C)NC(CCC)c1cccs1. The van der Waals surface area contributed by atoms with Crippen molar-refractivity contribution in [3.8, 4) is 0 Å². The maximum atomic E-state index is 11.8. The van der Waals surface area contributed by atoms with Gasteiger partial charge in [0.1, 0.15) is 0 Å². The fraction of sp³-hybridized carbons (Fsp3) is 0.500. The Kier molecular flexibility index (Phi) is 6.68. The first-order valence-electron chi connectivity index (χ1n) is 6.37. The number of thiophene rings is 1. The summed E-state index contributed by atoms with van der Waals surface area (Å²) in [6.07, 6.45) is 3.82. The highest BCUT2D eigenvalue weighted by atomic mass is 32.1. The number of nitrogens with one attached hydrogen (secondary N) is 2. The Balaban J connectivity index is 2.55. The molecule has 0 aliphatic carbocycles. The van der Waals surface area contributed by atoms with Gasteiger partial charge in [-0.1, -0.05) is 25.5 Å². The third-order valence-electron chi connectivity index (χ3n) is 2.73. The minimum absolute atomic E-state index is 0.0209. The third-order valence-corrected chi connectivity index (χ3v) is 3.72. The fourth-order valence-corrected chi connectivity index (χ4v) is 2.61. The molecular formula is C14H22N2OS. The third kappa shape index (κ3) is 4.63. The van der Waals surface area contributed by atoms with Gasteiger partial charge in [0.2, 0.25) is 5.91 Å². The zero-order valence-corrected chi connectivity index (χ0v) is 11.9. The molecule has 3 nitrogen and oxygen atoms in total. The first kappa shape index (κ1) is 14.9. The number of carbonyl (C=O) groups excluding carboxylic acids is 1. The van der Waals surface area contributed by atoms with Crippen LogP contribution < -0.4 is 10.6 Å². The average molecular weight is 266 g/mol. The van der Waals surface area contributed by atoms with Crippen molar-refractivity contribution >= 4 is 17.2 Å². The molecule has 1 heterocycles. The summed E-state index contributed by atoms with van der Waals surface area (Å²) in [5.41, 5.74) is 0. The molecule has 18 heavy (non-hydrogen) atoms. The van der Waals surface area contributed by atoms with E-state index in [-0.39, 0.29) is 18.0 Å². The Morgan fingerprint density at radius 2 is 2.39 bits per heavy atom. The molecule has 1 amide bonds. The summed E-state index contributed by atoms with van der Waals surface area (Å²) >= 11 is 1.73. The van der Waals surface area contributed by atoms with Crippen LogP contribution in [0.4, 0.5) is 0 Å².